The van der Waals surface area contributed by atoms with Gasteiger partial charge < -0.3 is 0 Å². The first-order chi connectivity index (χ1) is 10.1. The number of aryl methyl sites for hydroxylation is 1. The predicted octanol–water partition coefficient (Wildman–Crippen LogP) is 3.98. The van der Waals surface area contributed by atoms with Crippen molar-refractivity contribution >= 4 is 33.6 Å². The Balaban J connectivity index is 1.90. The Morgan fingerprint density at radius 2 is 1.86 bits per heavy atom. The van der Waals surface area contributed by atoms with Gasteiger partial charge in [-0.05, 0) is 48.9 Å². The standard InChI is InChI=1S/C17H17N3S/c1-12-4-9-15-16(10-12)21-17(19-15)13-5-7-14(8-6-13)18-11-20(2)3/h4-11H,1-3H3/p+1. The molecule has 0 spiro atoms. The predicted molar refractivity (Wildman–Crippen MR) is 91.6 cm³/mol. The van der Waals surface area contributed by atoms with Gasteiger partial charge in [-0.2, -0.15) is 0 Å². The fourth-order valence-corrected chi connectivity index (χ4v) is 3.14. The van der Waals surface area contributed by atoms with Crippen molar-refractivity contribution in [3.63, 3.8) is 0 Å². The Kier molecular flexibility index (Phi) is 3.71. The molecular formula is C17H18N3S+. The maximum Gasteiger partial charge on any atom is 0.236 e. The second kappa shape index (κ2) is 5.66. The largest absolute Gasteiger partial charge is 0.273 e. The summed E-state index contributed by atoms with van der Waals surface area (Å²) in [5.41, 5.74) is 4.58. The molecule has 1 aromatic heterocycles. The van der Waals surface area contributed by atoms with Crippen LogP contribution in [0.25, 0.3) is 20.8 Å². The normalized spacial score (nSPS) is 10.6. The summed E-state index contributed by atoms with van der Waals surface area (Å²) in [7, 11) is 3.98. The van der Waals surface area contributed by atoms with Crippen LogP contribution in [0.2, 0.25) is 0 Å². The molecule has 21 heavy (non-hydrogen) atoms. The topological polar surface area (TPSA) is 27.9 Å². The minimum absolute atomic E-state index is 1.07. The molecule has 2 aromatic carbocycles. The van der Waals surface area contributed by atoms with E-state index in [0.29, 0.717) is 0 Å². The maximum atomic E-state index is 4.71. The van der Waals surface area contributed by atoms with Crippen molar-refractivity contribution in [1.29, 1.82) is 0 Å². The average Bonchev–Trinajstić information content (AvgIpc) is 2.88. The number of hydrogen-bond acceptors (Lipinski definition) is 2. The summed E-state index contributed by atoms with van der Waals surface area (Å²) in [4.78, 5) is 4.71. The van der Waals surface area contributed by atoms with E-state index < -0.39 is 0 Å². The Labute approximate surface area is 128 Å². The number of rotatable bonds is 3. The van der Waals surface area contributed by atoms with Crippen molar-refractivity contribution in [2.75, 3.05) is 19.4 Å². The molecule has 3 rings (SSSR count). The summed E-state index contributed by atoms with van der Waals surface area (Å²) in [6, 6.07) is 14.8. The SMILES string of the molecule is Cc1ccc2nc(-c3ccc(NC=[N+](C)C)cc3)sc2c1. The van der Waals surface area contributed by atoms with Crippen LogP contribution in [0.5, 0.6) is 0 Å². The second-order valence-corrected chi connectivity index (χ2v) is 6.34. The number of nitrogens with zero attached hydrogens (tertiary/aromatic N) is 2. The van der Waals surface area contributed by atoms with Gasteiger partial charge >= 0.3 is 0 Å². The van der Waals surface area contributed by atoms with Gasteiger partial charge in [-0.3, -0.25) is 4.58 Å². The highest BCUT2D eigenvalue weighted by atomic mass is 32.1. The number of aromatic nitrogens is 1. The van der Waals surface area contributed by atoms with Gasteiger partial charge in [0.15, 0.2) is 0 Å². The van der Waals surface area contributed by atoms with Crippen molar-refractivity contribution in [2.24, 2.45) is 0 Å². The molecule has 1 heterocycles. The van der Waals surface area contributed by atoms with Gasteiger partial charge in [-0.25, -0.2) is 10.3 Å². The summed E-state index contributed by atoms with van der Waals surface area (Å²) >= 11 is 1.74. The van der Waals surface area contributed by atoms with Gasteiger partial charge in [0.2, 0.25) is 6.34 Å². The van der Waals surface area contributed by atoms with Crippen LogP contribution in [-0.4, -0.2) is 30.0 Å². The lowest BCUT2D eigenvalue weighted by molar-refractivity contribution is -0.459. The Morgan fingerprint density at radius 3 is 2.57 bits per heavy atom. The number of hydrogen-bond donors (Lipinski definition) is 1. The summed E-state index contributed by atoms with van der Waals surface area (Å²) in [5.74, 6) is 0. The Morgan fingerprint density at radius 1 is 1.10 bits per heavy atom. The first-order valence-electron chi connectivity index (χ1n) is 6.86. The molecule has 4 heteroatoms. The molecule has 0 saturated carbocycles. The number of nitrogens with one attached hydrogen (secondary N) is 1. The first kappa shape index (κ1) is 13.8. The van der Waals surface area contributed by atoms with E-state index in [1.807, 2.05) is 25.0 Å². The molecule has 3 nitrogen and oxygen atoms in total. The molecular weight excluding hydrogens is 278 g/mol. The minimum Gasteiger partial charge on any atom is -0.273 e. The van der Waals surface area contributed by atoms with Crippen LogP contribution in [0.15, 0.2) is 42.5 Å². The van der Waals surface area contributed by atoms with E-state index >= 15 is 0 Å². The molecule has 3 aromatic rings. The van der Waals surface area contributed by atoms with Gasteiger partial charge in [0.1, 0.15) is 10.7 Å². The van der Waals surface area contributed by atoms with Crippen molar-refractivity contribution in [1.82, 2.24) is 4.98 Å². The molecule has 0 aliphatic carbocycles. The maximum absolute atomic E-state index is 4.71. The zero-order valence-electron chi connectivity index (χ0n) is 12.4. The van der Waals surface area contributed by atoms with E-state index in [0.717, 1.165) is 21.8 Å². The summed E-state index contributed by atoms with van der Waals surface area (Å²) in [5, 5.41) is 4.31. The highest BCUT2D eigenvalue weighted by Gasteiger charge is 2.06. The smallest absolute Gasteiger partial charge is 0.236 e. The number of anilines is 1. The molecule has 0 radical (unpaired) electrons. The van der Waals surface area contributed by atoms with Gasteiger partial charge in [0.25, 0.3) is 0 Å². The zero-order valence-corrected chi connectivity index (χ0v) is 13.2. The van der Waals surface area contributed by atoms with Gasteiger partial charge in [0, 0.05) is 5.56 Å². The molecule has 0 atom stereocenters. The molecule has 1 N–H and O–H groups in total. The van der Waals surface area contributed by atoms with Crippen LogP contribution in [0.1, 0.15) is 5.56 Å². The van der Waals surface area contributed by atoms with Crippen LogP contribution >= 0.6 is 11.3 Å². The van der Waals surface area contributed by atoms with E-state index in [2.05, 4.69) is 54.7 Å². The summed E-state index contributed by atoms with van der Waals surface area (Å²) in [6.45, 7) is 2.11. The number of benzene rings is 2. The van der Waals surface area contributed by atoms with Gasteiger partial charge in [-0.1, -0.05) is 6.07 Å². The molecule has 106 valence electrons. The fourth-order valence-electron chi connectivity index (χ4n) is 2.07. The molecule has 0 saturated heterocycles. The zero-order chi connectivity index (χ0) is 14.8. The quantitative estimate of drug-likeness (QED) is 0.450. The lowest BCUT2D eigenvalue weighted by atomic mass is 10.2. The van der Waals surface area contributed by atoms with Crippen LogP contribution in [0, 0.1) is 6.92 Å². The van der Waals surface area contributed by atoms with Crippen molar-refractivity contribution in [2.45, 2.75) is 6.92 Å². The molecule has 0 aliphatic heterocycles. The van der Waals surface area contributed by atoms with E-state index in [1.165, 1.54) is 10.3 Å². The van der Waals surface area contributed by atoms with Gasteiger partial charge in [0.05, 0.1) is 24.3 Å². The minimum atomic E-state index is 1.07. The summed E-state index contributed by atoms with van der Waals surface area (Å²) < 4.78 is 3.22. The van der Waals surface area contributed by atoms with E-state index in [1.54, 1.807) is 11.3 Å². The van der Waals surface area contributed by atoms with Crippen molar-refractivity contribution in [3.8, 4) is 10.6 Å². The van der Waals surface area contributed by atoms with Crippen LogP contribution in [0.3, 0.4) is 0 Å². The highest BCUT2D eigenvalue weighted by Crippen LogP contribution is 2.31. The molecule has 0 aliphatic rings. The van der Waals surface area contributed by atoms with E-state index in [4.69, 9.17) is 4.98 Å². The number of thiazole rings is 1. The lowest BCUT2D eigenvalue weighted by Gasteiger charge is -1.98. The Bertz CT molecular complexity index is 797. The van der Waals surface area contributed by atoms with Crippen LogP contribution in [-0.2, 0) is 0 Å². The van der Waals surface area contributed by atoms with E-state index in [-0.39, 0.29) is 0 Å². The third-order valence-electron chi connectivity index (χ3n) is 3.17. The first-order valence-corrected chi connectivity index (χ1v) is 7.67. The van der Waals surface area contributed by atoms with Crippen molar-refractivity contribution < 1.29 is 4.58 Å². The lowest BCUT2D eigenvalue weighted by Crippen LogP contribution is -2.06. The average molecular weight is 296 g/mol. The van der Waals surface area contributed by atoms with Crippen LogP contribution in [0.4, 0.5) is 5.69 Å². The van der Waals surface area contributed by atoms with Crippen LogP contribution < -0.4 is 5.32 Å². The van der Waals surface area contributed by atoms with Gasteiger partial charge in [-0.15, -0.1) is 11.3 Å². The fraction of sp³-hybridized carbons (Fsp3) is 0.176. The third kappa shape index (κ3) is 3.11. The summed E-state index contributed by atoms with van der Waals surface area (Å²) in [6.07, 6.45) is 1.93. The van der Waals surface area contributed by atoms with E-state index in [9.17, 15) is 0 Å². The highest BCUT2D eigenvalue weighted by molar-refractivity contribution is 7.21. The second-order valence-electron chi connectivity index (χ2n) is 5.30. The molecule has 0 amide bonds. The molecule has 0 fully saturated rings. The third-order valence-corrected chi connectivity index (χ3v) is 4.23. The molecule has 0 bridgehead atoms. The van der Waals surface area contributed by atoms with Crippen molar-refractivity contribution in [3.05, 3.63) is 48.0 Å². The Hall–Kier alpha value is -2.20. The molecule has 0 unspecified atom stereocenters. The number of fused-ring (bicyclic) bond motifs is 1. The monoisotopic (exact) mass is 296 g/mol.